The van der Waals surface area contributed by atoms with Crippen molar-refractivity contribution < 1.29 is 18.8 Å². The molecule has 2 saturated heterocycles. The Morgan fingerprint density at radius 2 is 1.97 bits per heavy atom. The zero-order valence-corrected chi connectivity index (χ0v) is 19.4. The van der Waals surface area contributed by atoms with Gasteiger partial charge < -0.3 is 24.6 Å². The van der Waals surface area contributed by atoms with Gasteiger partial charge in [-0.1, -0.05) is 19.1 Å². The maximum atomic E-state index is 12.9. The molecule has 6 nitrogen and oxygen atoms in total. The first-order valence-electron chi connectivity index (χ1n) is 12.2. The van der Waals surface area contributed by atoms with Crippen LogP contribution in [-0.2, 0) is 22.4 Å². The molecular formula is C25H40N3O3+. The number of rotatable bonds is 7. The van der Waals surface area contributed by atoms with Crippen LogP contribution in [0.4, 0.5) is 0 Å². The SMILES string of the molecule is CCC[N+]1(C(C)Cc2ccc3c(c2)CCO3)CCC(C(N)C(=O)N2CCOCC2)CC1. The van der Waals surface area contributed by atoms with Crippen molar-refractivity contribution in [3.8, 4) is 5.75 Å². The number of quaternary nitrogens is 1. The van der Waals surface area contributed by atoms with Crippen molar-refractivity contribution in [1.82, 2.24) is 4.90 Å². The molecule has 6 heteroatoms. The lowest BCUT2D eigenvalue weighted by molar-refractivity contribution is -0.954. The average Bonchev–Trinajstić information content (AvgIpc) is 3.27. The summed E-state index contributed by atoms with van der Waals surface area (Å²) in [6.07, 6.45) is 5.39. The molecule has 2 atom stereocenters. The minimum absolute atomic E-state index is 0.122. The minimum Gasteiger partial charge on any atom is -0.493 e. The van der Waals surface area contributed by atoms with Crippen molar-refractivity contribution in [3.63, 3.8) is 0 Å². The molecule has 1 aromatic rings. The fourth-order valence-corrected chi connectivity index (χ4v) is 5.89. The maximum absolute atomic E-state index is 12.9. The van der Waals surface area contributed by atoms with E-state index in [-0.39, 0.29) is 11.9 Å². The summed E-state index contributed by atoms with van der Waals surface area (Å²) in [4.78, 5) is 14.8. The summed E-state index contributed by atoms with van der Waals surface area (Å²) < 4.78 is 12.2. The van der Waals surface area contributed by atoms with Gasteiger partial charge in [-0.15, -0.1) is 0 Å². The number of nitrogens with zero attached hydrogens (tertiary/aromatic N) is 2. The van der Waals surface area contributed by atoms with Crippen LogP contribution in [0, 0.1) is 5.92 Å². The Balaban J connectivity index is 1.38. The van der Waals surface area contributed by atoms with Crippen LogP contribution in [0.15, 0.2) is 18.2 Å². The third kappa shape index (κ3) is 4.91. The van der Waals surface area contributed by atoms with Crippen LogP contribution in [0.25, 0.3) is 0 Å². The molecule has 2 fully saturated rings. The molecule has 0 spiro atoms. The zero-order valence-electron chi connectivity index (χ0n) is 19.4. The second-order valence-corrected chi connectivity index (χ2v) is 9.78. The second kappa shape index (κ2) is 9.88. The fraction of sp³-hybridized carbons (Fsp3) is 0.720. The molecule has 1 amide bonds. The van der Waals surface area contributed by atoms with E-state index < -0.39 is 0 Å². The van der Waals surface area contributed by atoms with E-state index in [0.29, 0.717) is 38.3 Å². The maximum Gasteiger partial charge on any atom is 0.239 e. The molecule has 1 aromatic carbocycles. The molecule has 0 bridgehead atoms. The third-order valence-corrected chi connectivity index (χ3v) is 7.90. The predicted molar refractivity (Wildman–Crippen MR) is 122 cm³/mol. The van der Waals surface area contributed by atoms with Gasteiger partial charge in [0, 0.05) is 38.8 Å². The Bertz CT molecular complexity index is 754. The molecule has 2 unspecified atom stereocenters. The van der Waals surface area contributed by atoms with E-state index in [1.165, 1.54) is 24.1 Å². The second-order valence-electron chi connectivity index (χ2n) is 9.78. The van der Waals surface area contributed by atoms with E-state index in [4.69, 9.17) is 15.2 Å². The van der Waals surface area contributed by atoms with Gasteiger partial charge in [0.25, 0.3) is 0 Å². The standard InChI is InChI=1S/C25H40N3O3/c1-3-11-28(19(2)17-20-4-5-23-22(18-20)8-14-31-23)12-6-21(7-13-28)24(26)25(29)27-9-15-30-16-10-27/h4-5,18-19,21,24H,3,6-17,26H2,1-2H3/q+1. The number of carbonyl (C=O) groups is 1. The van der Waals surface area contributed by atoms with E-state index in [1.54, 1.807) is 0 Å². The number of carbonyl (C=O) groups excluding carboxylic acids is 1. The largest absolute Gasteiger partial charge is 0.493 e. The smallest absolute Gasteiger partial charge is 0.239 e. The summed E-state index contributed by atoms with van der Waals surface area (Å²) in [5.41, 5.74) is 9.27. The van der Waals surface area contributed by atoms with Gasteiger partial charge in [-0.3, -0.25) is 4.79 Å². The third-order valence-electron chi connectivity index (χ3n) is 7.90. The summed E-state index contributed by atoms with van der Waals surface area (Å²) in [7, 11) is 0. The molecular weight excluding hydrogens is 390 g/mol. The van der Waals surface area contributed by atoms with Gasteiger partial charge >= 0.3 is 0 Å². The molecule has 0 saturated carbocycles. The van der Waals surface area contributed by atoms with Gasteiger partial charge in [-0.25, -0.2) is 0 Å². The minimum atomic E-state index is -0.367. The van der Waals surface area contributed by atoms with E-state index >= 15 is 0 Å². The first kappa shape index (κ1) is 22.6. The Morgan fingerprint density at radius 3 is 2.68 bits per heavy atom. The lowest BCUT2D eigenvalue weighted by Crippen LogP contribution is -2.61. The number of amides is 1. The van der Waals surface area contributed by atoms with Gasteiger partial charge in [0.05, 0.1) is 51.5 Å². The highest BCUT2D eigenvalue weighted by atomic mass is 16.5. The van der Waals surface area contributed by atoms with Crippen LogP contribution in [0.3, 0.4) is 0 Å². The summed E-state index contributed by atoms with van der Waals surface area (Å²) in [6.45, 7) is 11.6. The lowest BCUT2D eigenvalue weighted by Gasteiger charge is -2.49. The monoisotopic (exact) mass is 430 g/mol. The summed E-state index contributed by atoms with van der Waals surface area (Å²) in [5, 5.41) is 0. The van der Waals surface area contributed by atoms with E-state index in [1.807, 2.05) is 4.90 Å². The molecule has 3 aliphatic rings. The van der Waals surface area contributed by atoms with Crippen LogP contribution in [-0.4, -0.2) is 79.9 Å². The highest BCUT2D eigenvalue weighted by Gasteiger charge is 2.41. The van der Waals surface area contributed by atoms with E-state index in [2.05, 4.69) is 32.0 Å². The number of likely N-dealkylation sites (tertiary alicyclic amines) is 1. The molecule has 172 valence electrons. The Kier molecular flexibility index (Phi) is 7.19. The molecule has 31 heavy (non-hydrogen) atoms. The quantitative estimate of drug-likeness (QED) is 0.675. The van der Waals surface area contributed by atoms with Gasteiger partial charge in [0.2, 0.25) is 5.91 Å². The number of fused-ring (bicyclic) bond motifs is 1. The van der Waals surface area contributed by atoms with Gasteiger partial charge in [0.1, 0.15) is 5.75 Å². The summed E-state index contributed by atoms with van der Waals surface area (Å²) >= 11 is 0. The van der Waals surface area contributed by atoms with Crippen molar-refractivity contribution in [2.45, 2.75) is 58.0 Å². The number of piperidine rings is 1. The fourth-order valence-electron chi connectivity index (χ4n) is 5.89. The number of hydrogen-bond donors (Lipinski definition) is 1. The van der Waals surface area contributed by atoms with Crippen molar-refractivity contribution in [3.05, 3.63) is 29.3 Å². The number of ether oxygens (including phenoxy) is 2. The molecule has 0 aromatic heterocycles. The summed E-state index contributed by atoms with van der Waals surface area (Å²) in [5.74, 6) is 1.48. The highest BCUT2D eigenvalue weighted by molar-refractivity contribution is 5.82. The number of morpholine rings is 1. The molecule has 2 N–H and O–H groups in total. The van der Waals surface area contributed by atoms with Crippen molar-refractivity contribution in [2.24, 2.45) is 11.7 Å². The predicted octanol–water partition coefficient (Wildman–Crippen LogP) is 2.38. The van der Waals surface area contributed by atoms with Crippen LogP contribution in [0.2, 0.25) is 0 Å². The Labute approximate surface area is 187 Å². The first-order chi connectivity index (χ1) is 15.0. The van der Waals surface area contributed by atoms with E-state index in [0.717, 1.165) is 55.6 Å². The van der Waals surface area contributed by atoms with E-state index in [9.17, 15) is 4.79 Å². The Hall–Kier alpha value is -1.63. The first-order valence-corrected chi connectivity index (χ1v) is 12.2. The zero-order chi connectivity index (χ0) is 21.8. The highest BCUT2D eigenvalue weighted by Crippen LogP contribution is 2.32. The van der Waals surface area contributed by atoms with Crippen LogP contribution >= 0.6 is 0 Å². The number of hydrogen-bond acceptors (Lipinski definition) is 4. The molecule has 0 radical (unpaired) electrons. The number of benzene rings is 1. The van der Waals surface area contributed by atoms with Gasteiger partial charge in [-0.05, 0) is 36.5 Å². The van der Waals surface area contributed by atoms with Crippen molar-refractivity contribution in [2.75, 3.05) is 52.5 Å². The van der Waals surface area contributed by atoms with Gasteiger partial charge in [-0.2, -0.15) is 0 Å². The van der Waals surface area contributed by atoms with Crippen LogP contribution in [0.1, 0.15) is 44.2 Å². The molecule has 3 aliphatic heterocycles. The van der Waals surface area contributed by atoms with Crippen molar-refractivity contribution in [1.29, 1.82) is 0 Å². The number of nitrogens with two attached hydrogens (primary N) is 1. The Morgan fingerprint density at radius 1 is 1.23 bits per heavy atom. The lowest BCUT2D eigenvalue weighted by atomic mass is 9.86. The average molecular weight is 431 g/mol. The van der Waals surface area contributed by atoms with Crippen LogP contribution < -0.4 is 10.5 Å². The molecule has 4 rings (SSSR count). The topological polar surface area (TPSA) is 64.8 Å². The summed E-state index contributed by atoms with van der Waals surface area (Å²) in [6, 6.07) is 6.94. The molecule has 3 heterocycles. The molecule has 0 aliphatic carbocycles. The van der Waals surface area contributed by atoms with Crippen LogP contribution in [0.5, 0.6) is 5.75 Å². The van der Waals surface area contributed by atoms with Crippen molar-refractivity contribution >= 4 is 5.91 Å². The van der Waals surface area contributed by atoms with Gasteiger partial charge in [0.15, 0.2) is 0 Å². The normalized spacial score (nSPS) is 28.0.